The molecule has 0 saturated carbocycles. The van der Waals surface area contributed by atoms with Gasteiger partial charge in [0, 0.05) is 7.05 Å². The molecule has 7 nitrogen and oxygen atoms in total. The van der Waals surface area contributed by atoms with E-state index in [-0.39, 0.29) is 12.1 Å². The van der Waals surface area contributed by atoms with Crippen LogP contribution in [0.2, 0.25) is 0 Å². The minimum Gasteiger partial charge on any atom is -0.392 e. The van der Waals surface area contributed by atoms with Gasteiger partial charge in [-0.15, -0.1) is 10.2 Å². The van der Waals surface area contributed by atoms with Gasteiger partial charge in [0.2, 0.25) is 10.0 Å². The summed E-state index contributed by atoms with van der Waals surface area (Å²) < 4.78 is 54.6. The Morgan fingerprint density at radius 2 is 2.10 bits per heavy atom. The fraction of sp³-hybridized carbons (Fsp3) is 0.273. The highest BCUT2D eigenvalue weighted by molar-refractivity contribution is 7.89. The molecule has 0 fully saturated rings. The molecule has 114 valence electrons. The van der Waals surface area contributed by atoms with Crippen LogP contribution in [0.15, 0.2) is 23.4 Å². The second-order valence-electron chi connectivity index (χ2n) is 4.23. The van der Waals surface area contributed by atoms with E-state index >= 15 is 0 Å². The first-order chi connectivity index (χ1) is 9.85. The summed E-state index contributed by atoms with van der Waals surface area (Å²) in [6, 6.07) is 1.61. The smallest absolute Gasteiger partial charge is 0.244 e. The number of nitrogens with zero attached hydrogens (tertiary/aromatic N) is 3. The van der Waals surface area contributed by atoms with E-state index in [9.17, 15) is 17.2 Å². The maximum atomic E-state index is 13.6. The Morgan fingerprint density at radius 1 is 1.38 bits per heavy atom. The molecular weight excluding hydrogens is 306 g/mol. The molecular formula is C11H12F2N4O3S. The van der Waals surface area contributed by atoms with Crippen molar-refractivity contribution in [3.05, 3.63) is 41.5 Å². The molecule has 0 radical (unpaired) electrons. The average Bonchev–Trinajstić information content (AvgIpc) is 2.84. The molecule has 0 saturated heterocycles. The van der Waals surface area contributed by atoms with Gasteiger partial charge in [0.05, 0.1) is 13.2 Å². The molecule has 0 unspecified atom stereocenters. The Morgan fingerprint density at radius 3 is 2.67 bits per heavy atom. The monoisotopic (exact) mass is 318 g/mol. The van der Waals surface area contributed by atoms with E-state index in [4.69, 9.17) is 5.11 Å². The first kappa shape index (κ1) is 15.5. The van der Waals surface area contributed by atoms with Gasteiger partial charge in [0.1, 0.15) is 17.0 Å². The minimum absolute atomic E-state index is 0.0482. The normalized spacial score (nSPS) is 11.8. The Kier molecular flexibility index (Phi) is 4.30. The van der Waals surface area contributed by atoms with Gasteiger partial charge in [-0.1, -0.05) is 0 Å². The highest BCUT2D eigenvalue weighted by Crippen LogP contribution is 2.20. The van der Waals surface area contributed by atoms with Gasteiger partial charge in [-0.25, -0.2) is 21.9 Å². The van der Waals surface area contributed by atoms with Crippen molar-refractivity contribution in [1.82, 2.24) is 19.5 Å². The van der Waals surface area contributed by atoms with Crippen molar-refractivity contribution < 1.29 is 22.3 Å². The number of aromatic nitrogens is 3. The number of sulfonamides is 1. The Balaban J connectivity index is 2.31. The van der Waals surface area contributed by atoms with Gasteiger partial charge in [-0.05, 0) is 17.7 Å². The zero-order valence-corrected chi connectivity index (χ0v) is 11.7. The predicted octanol–water partition coefficient (Wildman–Crippen LogP) is 0.0641. The summed E-state index contributed by atoms with van der Waals surface area (Å²) >= 11 is 0. The molecule has 0 aliphatic heterocycles. The van der Waals surface area contributed by atoms with Crippen LogP contribution in [0.4, 0.5) is 8.78 Å². The number of benzene rings is 1. The second kappa shape index (κ2) is 5.84. The van der Waals surface area contributed by atoms with Crippen LogP contribution in [0.3, 0.4) is 0 Å². The molecule has 0 bridgehead atoms. The number of aliphatic hydroxyl groups excluding tert-OH is 1. The summed E-state index contributed by atoms with van der Waals surface area (Å²) in [6.07, 6.45) is 1.37. The summed E-state index contributed by atoms with van der Waals surface area (Å²) in [7, 11) is -2.69. The molecule has 2 N–H and O–H groups in total. The molecule has 0 aliphatic carbocycles. The summed E-state index contributed by atoms with van der Waals surface area (Å²) in [4.78, 5) is -0.867. The van der Waals surface area contributed by atoms with Gasteiger partial charge in [-0.2, -0.15) is 0 Å². The van der Waals surface area contributed by atoms with Gasteiger partial charge in [0.15, 0.2) is 11.6 Å². The largest absolute Gasteiger partial charge is 0.392 e. The molecule has 0 aliphatic rings. The first-order valence-electron chi connectivity index (χ1n) is 5.76. The fourth-order valence-electron chi connectivity index (χ4n) is 1.61. The number of rotatable bonds is 5. The zero-order valence-electron chi connectivity index (χ0n) is 10.9. The topological polar surface area (TPSA) is 97.1 Å². The van der Waals surface area contributed by atoms with Crippen LogP contribution in [0.25, 0.3) is 0 Å². The second-order valence-corrected chi connectivity index (χ2v) is 5.97. The lowest BCUT2D eigenvalue weighted by Gasteiger charge is -2.09. The maximum absolute atomic E-state index is 13.6. The summed E-state index contributed by atoms with van der Waals surface area (Å²) in [5, 5.41) is 16.2. The zero-order chi connectivity index (χ0) is 15.6. The van der Waals surface area contributed by atoms with Crippen molar-refractivity contribution in [2.75, 3.05) is 0 Å². The molecule has 1 aromatic heterocycles. The minimum atomic E-state index is -4.30. The summed E-state index contributed by atoms with van der Waals surface area (Å²) in [5.74, 6) is -2.55. The standard InChI is InChI=1S/C11H12F2N4O3S/c1-17-6-14-16-10(17)4-15-21(19,20)9-3-7(5-18)2-8(12)11(9)13/h2-3,6,15,18H,4-5H2,1H3. The molecule has 1 heterocycles. The van der Waals surface area contributed by atoms with Gasteiger partial charge in [-0.3, -0.25) is 0 Å². The van der Waals surface area contributed by atoms with Crippen LogP contribution >= 0.6 is 0 Å². The maximum Gasteiger partial charge on any atom is 0.244 e. The van der Waals surface area contributed by atoms with Crippen LogP contribution in [0.5, 0.6) is 0 Å². The first-order valence-corrected chi connectivity index (χ1v) is 7.25. The van der Waals surface area contributed by atoms with E-state index < -0.39 is 33.2 Å². The summed E-state index contributed by atoms with van der Waals surface area (Å²) in [5.41, 5.74) is -0.0482. The van der Waals surface area contributed by atoms with Crippen LogP contribution in [0, 0.1) is 11.6 Å². The van der Waals surface area contributed by atoms with Gasteiger partial charge in [0.25, 0.3) is 0 Å². The van der Waals surface area contributed by atoms with E-state index in [2.05, 4.69) is 14.9 Å². The van der Waals surface area contributed by atoms with E-state index in [0.717, 1.165) is 12.1 Å². The third kappa shape index (κ3) is 3.23. The van der Waals surface area contributed by atoms with Crippen molar-refractivity contribution in [3.63, 3.8) is 0 Å². The Hall–Kier alpha value is -1.91. The summed E-state index contributed by atoms with van der Waals surface area (Å²) in [6.45, 7) is -0.841. The molecule has 0 spiro atoms. The Bertz CT molecular complexity index is 761. The van der Waals surface area contributed by atoms with Crippen molar-refractivity contribution in [2.24, 2.45) is 7.05 Å². The SMILES string of the molecule is Cn1cnnc1CNS(=O)(=O)c1cc(CO)cc(F)c1F. The quantitative estimate of drug-likeness (QED) is 0.813. The number of aryl methyl sites for hydroxylation is 1. The van der Waals surface area contributed by atoms with E-state index in [1.807, 2.05) is 0 Å². The number of nitrogens with one attached hydrogen (secondary N) is 1. The number of hydrogen-bond acceptors (Lipinski definition) is 5. The highest BCUT2D eigenvalue weighted by atomic mass is 32.2. The fourth-order valence-corrected chi connectivity index (χ4v) is 2.72. The van der Waals surface area contributed by atoms with Crippen molar-refractivity contribution in [2.45, 2.75) is 18.0 Å². The van der Waals surface area contributed by atoms with Crippen molar-refractivity contribution >= 4 is 10.0 Å². The lowest BCUT2D eigenvalue weighted by atomic mass is 10.2. The molecule has 0 amide bonds. The molecule has 1 aromatic carbocycles. The third-order valence-corrected chi connectivity index (χ3v) is 4.15. The predicted molar refractivity (Wildman–Crippen MR) is 67.3 cm³/mol. The molecule has 21 heavy (non-hydrogen) atoms. The van der Waals surface area contributed by atoms with Crippen LogP contribution in [-0.4, -0.2) is 28.3 Å². The molecule has 10 heteroatoms. The van der Waals surface area contributed by atoms with Crippen LogP contribution in [0.1, 0.15) is 11.4 Å². The van der Waals surface area contributed by atoms with E-state index in [1.54, 1.807) is 7.05 Å². The lowest BCUT2D eigenvalue weighted by Crippen LogP contribution is -2.26. The van der Waals surface area contributed by atoms with E-state index in [1.165, 1.54) is 10.9 Å². The van der Waals surface area contributed by atoms with Crippen molar-refractivity contribution in [1.29, 1.82) is 0 Å². The highest BCUT2D eigenvalue weighted by Gasteiger charge is 2.23. The average molecular weight is 318 g/mol. The van der Waals surface area contributed by atoms with Crippen molar-refractivity contribution in [3.8, 4) is 0 Å². The molecule has 2 rings (SSSR count). The van der Waals surface area contributed by atoms with Gasteiger partial charge < -0.3 is 9.67 Å². The van der Waals surface area contributed by atoms with E-state index in [0.29, 0.717) is 5.82 Å². The number of aliphatic hydroxyl groups is 1. The Labute approximate surface area is 119 Å². The molecule has 0 atom stereocenters. The van der Waals surface area contributed by atoms with Crippen LogP contribution < -0.4 is 4.72 Å². The number of hydrogen-bond donors (Lipinski definition) is 2. The lowest BCUT2D eigenvalue weighted by molar-refractivity contribution is 0.280. The third-order valence-electron chi connectivity index (χ3n) is 2.75. The number of halogens is 2. The molecule has 2 aromatic rings. The van der Waals surface area contributed by atoms with Gasteiger partial charge >= 0.3 is 0 Å². The van der Waals surface area contributed by atoms with Crippen LogP contribution in [-0.2, 0) is 30.2 Å².